The number of hydrogen-bond donors (Lipinski definition) is 0. The van der Waals surface area contributed by atoms with Crippen LogP contribution in [0.3, 0.4) is 0 Å². The number of hydrogen-bond acceptors (Lipinski definition) is 5. The number of sulfonamides is 1. The van der Waals surface area contributed by atoms with E-state index in [2.05, 4.69) is 0 Å². The maximum atomic E-state index is 12.7. The summed E-state index contributed by atoms with van der Waals surface area (Å²) in [5.74, 6) is -2.82. The van der Waals surface area contributed by atoms with Crippen LogP contribution in [0.25, 0.3) is 0 Å². The Morgan fingerprint density at radius 3 is 1.91 bits per heavy atom. The zero-order valence-corrected chi connectivity index (χ0v) is 14.6. The maximum absolute atomic E-state index is 12.7. The monoisotopic (exact) mass is 343 g/mol. The molecule has 1 saturated heterocycles. The lowest BCUT2D eigenvalue weighted by Crippen LogP contribution is -2.53. The highest BCUT2D eigenvalue weighted by Gasteiger charge is 2.37. The number of piperazine rings is 1. The first-order valence-corrected chi connectivity index (χ1v) is 9.56. The number of carboxylic acids is 1. The summed E-state index contributed by atoms with van der Waals surface area (Å²) in [5, 5.41) is 11.4. The van der Waals surface area contributed by atoms with Crippen molar-refractivity contribution < 1.29 is 23.1 Å². The Labute approximate surface area is 137 Å². The predicted molar refractivity (Wildman–Crippen MR) is 82.6 cm³/mol. The zero-order valence-electron chi connectivity index (χ0n) is 13.7. The summed E-state index contributed by atoms with van der Waals surface area (Å²) in [6.45, 7) is 4.90. The molecule has 0 saturated carbocycles. The summed E-state index contributed by atoms with van der Waals surface area (Å²) >= 11 is 0. The fourth-order valence-electron chi connectivity index (χ4n) is 3.27. The van der Waals surface area contributed by atoms with Gasteiger partial charge in [0.05, 0.1) is 12.2 Å². The van der Waals surface area contributed by atoms with Gasteiger partial charge in [-0.15, -0.1) is 0 Å². The first kappa shape index (κ1) is 17.9. The second kappa shape index (κ2) is 6.60. The highest BCUT2D eigenvalue weighted by molar-refractivity contribution is 7.88. The minimum atomic E-state index is -3.26. The van der Waals surface area contributed by atoms with Crippen LogP contribution in [-0.4, -0.2) is 61.9 Å². The minimum Gasteiger partial charge on any atom is -0.550 e. The minimum absolute atomic E-state index is 0.209. The summed E-state index contributed by atoms with van der Waals surface area (Å²) in [7, 11) is -3.26. The van der Waals surface area contributed by atoms with Crippen molar-refractivity contribution in [1.29, 1.82) is 0 Å². The Hall–Kier alpha value is -1.41. The molecule has 0 radical (unpaired) electrons. The van der Waals surface area contributed by atoms with Crippen LogP contribution in [0.1, 0.15) is 26.7 Å². The normalized spacial score (nSPS) is 27.2. The second-order valence-corrected chi connectivity index (χ2v) is 8.47. The number of carbonyl (C=O) groups excluding carboxylic acids is 2. The fourth-order valence-corrected chi connectivity index (χ4v) is 4.10. The number of allylic oxidation sites excluding steroid dienone is 2. The molecule has 0 aromatic heterocycles. The molecule has 8 heteroatoms. The van der Waals surface area contributed by atoms with Gasteiger partial charge in [0, 0.05) is 38.1 Å². The number of amides is 1. The summed E-state index contributed by atoms with van der Waals surface area (Å²) in [4.78, 5) is 25.7. The van der Waals surface area contributed by atoms with E-state index in [4.69, 9.17) is 0 Å². The molecule has 1 amide bonds. The van der Waals surface area contributed by atoms with Crippen LogP contribution < -0.4 is 5.11 Å². The summed E-state index contributed by atoms with van der Waals surface area (Å²) in [6.07, 6.45) is 1.91. The molecule has 2 rings (SSSR count). The SMILES string of the molecule is CC1=C(C)C[C@@H](C(=O)N2CCN(S(C)(=O)=O)CC2)[C@@H](C(=O)[O-])C1. The molecular weight excluding hydrogens is 320 g/mol. The van der Waals surface area contributed by atoms with Gasteiger partial charge < -0.3 is 14.8 Å². The van der Waals surface area contributed by atoms with Crippen LogP contribution in [-0.2, 0) is 19.6 Å². The van der Waals surface area contributed by atoms with Crippen molar-refractivity contribution in [3.8, 4) is 0 Å². The lowest BCUT2D eigenvalue weighted by Gasteiger charge is -2.39. The van der Waals surface area contributed by atoms with E-state index in [1.165, 1.54) is 4.31 Å². The first-order chi connectivity index (χ1) is 10.6. The van der Waals surface area contributed by atoms with Crippen LogP contribution >= 0.6 is 0 Å². The van der Waals surface area contributed by atoms with Gasteiger partial charge in [0.25, 0.3) is 0 Å². The van der Waals surface area contributed by atoms with E-state index < -0.39 is 27.8 Å². The van der Waals surface area contributed by atoms with Crippen molar-refractivity contribution in [1.82, 2.24) is 9.21 Å². The van der Waals surface area contributed by atoms with E-state index in [-0.39, 0.29) is 19.0 Å². The quantitative estimate of drug-likeness (QED) is 0.625. The fraction of sp³-hybridized carbons (Fsp3) is 0.733. The molecule has 1 aliphatic carbocycles. The largest absolute Gasteiger partial charge is 0.550 e. The number of carbonyl (C=O) groups is 2. The van der Waals surface area contributed by atoms with E-state index in [1.54, 1.807) is 4.90 Å². The van der Waals surface area contributed by atoms with Crippen molar-refractivity contribution in [3.05, 3.63) is 11.1 Å². The van der Waals surface area contributed by atoms with E-state index >= 15 is 0 Å². The van der Waals surface area contributed by atoms with E-state index in [9.17, 15) is 23.1 Å². The molecule has 130 valence electrons. The van der Waals surface area contributed by atoms with Gasteiger partial charge in [-0.2, -0.15) is 4.31 Å². The summed E-state index contributed by atoms with van der Waals surface area (Å²) in [6, 6.07) is 0. The molecule has 1 heterocycles. The third kappa shape index (κ3) is 3.92. The van der Waals surface area contributed by atoms with Crippen molar-refractivity contribution >= 4 is 21.9 Å². The molecular formula is C15H23N2O5S-. The molecule has 23 heavy (non-hydrogen) atoms. The maximum Gasteiger partial charge on any atom is 0.226 e. The van der Waals surface area contributed by atoms with Crippen LogP contribution in [0, 0.1) is 11.8 Å². The average Bonchev–Trinajstić information content (AvgIpc) is 2.48. The molecule has 0 aromatic carbocycles. The Morgan fingerprint density at radius 2 is 1.48 bits per heavy atom. The molecule has 1 aliphatic heterocycles. The van der Waals surface area contributed by atoms with E-state index in [0.717, 1.165) is 17.4 Å². The Bertz CT molecular complexity index is 632. The Kier molecular flexibility index (Phi) is 5.15. The number of aliphatic carboxylic acids is 1. The average molecular weight is 343 g/mol. The Morgan fingerprint density at radius 1 is 1.00 bits per heavy atom. The Balaban J connectivity index is 2.09. The second-order valence-electron chi connectivity index (χ2n) is 6.49. The molecule has 0 N–H and O–H groups in total. The summed E-state index contributed by atoms with van der Waals surface area (Å²) in [5.41, 5.74) is 2.06. The van der Waals surface area contributed by atoms with E-state index in [1.807, 2.05) is 13.8 Å². The van der Waals surface area contributed by atoms with Gasteiger partial charge in [-0.25, -0.2) is 8.42 Å². The van der Waals surface area contributed by atoms with Gasteiger partial charge in [-0.3, -0.25) is 4.79 Å². The lowest BCUT2D eigenvalue weighted by atomic mass is 9.76. The van der Waals surface area contributed by atoms with Crippen molar-refractivity contribution in [2.45, 2.75) is 26.7 Å². The highest BCUT2D eigenvalue weighted by atomic mass is 32.2. The smallest absolute Gasteiger partial charge is 0.226 e. The van der Waals surface area contributed by atoms with Gasteiger partial charge in [0.15, 0.2) is 0 Å². The number of rotatable bonds is 3. The van der Waals surface area contributed by atoms with Gasteiger partial charge in [-0.1, -0.05) is 11.1 Å². The molecule has 1 fully saturated rings. The molecule has 0 unspecified atom stereocenters. The van der Waals surface area contributed by atoms with Crippen LogP contribution in [0.2, 0.25) is 0 Å². The van der Waals surface area contributed by atoms with E-state index in [0.29, 0.717) is 25.9 Å². The molecule has 0 spiro atoms. The van der Waals surface area contributed by atoms with Crippen molar-refractivity contribution in [2.24, 2.45) is 11.8 Å². The topological polar surface area (TPSA) is 97.8 Å². The van der Waals surface area contributed by atoms with Gasteiger partial charge in [0.2, 0.25) is 15.9 Å². The number of nitrogens with zero attached hydrogens (tertiary/aromatic N) is 2. The standard InChI is InChI=1S/C15H24N2O5S/c1-10-8-12(13(15(19)20)9-11(10)2)14(18)16-4-6-17(7-5-16)23(3,21)22/h12-13H,4-9H2,1-3H3,(H,19,20)/p-1/t12-,13+/m1/s1. The predicted octanol–water partition coefficient (Wildman–Crippen LogP) is -0.797. The van der Waals surface area contributed by atoms with Crippen LogP contribution in [0.15, 0.2) is 11.1 Å². The summed E-state index contributed by atoms with van der Waals surface area (Å²) < 4.78 is 24.4. The van der Waals surface area contributed by atoms with Gasteiger partial charge in [0.1, 0.15) is 0 Å². The van der Waals surface area contributed by atoms with Gasteiger partial charge in [-0.05, 0) is 26.7 Å². The molecule has 2 atom stereocenters. The van der Waals surface area contributed by atoms with Crippen LogP contribution in [0.5, 0.6) is 0 Å². The third-order valence-electron chi connectivity index (χ3n) is 4.91. The zero-order chi connectivity index (χ0) is 17.4. The highest BCUT2D eigenvalue weighted by Crippen LogP contribution is 2.35. The van der Waals surface area contributed by atoms with Crippen LogP contribution in [0.4, 0.5) is 0 Å². The third-order valence-corrected chi connectivity index (χ3v) is 6.21. The van der Waals surface area contributed by atoms with Crippen molar-refractivity contribution in [3.63, 3.8) is 0 Å². The number of carboxylic acid groups (broad SMARTS) is 1. The van der Waals surface area contributed by atoms with Crippen molar-refractivity contribution in [2.75, 3.05) is 32.4 Å². The molecule has 0 aromatic rings. The molecule has 0 bridgehead atoms. The lowest BCUT2D eigenvalue weighted by molar-refractivity contribution is -0.313. The molecule has 2 aliphatic rings. The molecule has 7 nitrogen and oxygen atoms in total. The first-order valence-electron chi connectivity index (χ1n) is 7.71. The van der Waals surface area contributed by atoms with Gasteiger partial charge >= 0.3 is 0 Å².